The molecule has 1 heterocycles. The van der Waals surface area contributed by atoms with E-state index in [4.69, 9.17) is 0 Å². The largest absolute Gasteiger partial charge is 0.507 e. The van der Waals surface area contributed by atoms with Gasteiger partial charge in [-0.05, 0) is 54.6 Å². The third-order valence-corrected chi connectivity index (χ3v) is 4.94. The lowest BCUT2D eigenvalue weighted by Gasteiger charge is -2.40. The van der Waals surface area contributed by atoms with Crippen LogP contribution in [-0.2, 0) is 12.8 Å². The second-order valence-electron chi connectivity index (χ2n) is 6.09. The molecule has 2 nitrogen and oxygen atoms in total. The monoisotopic (exact) mass is 301 g/mol. The minimum Gasteiger partial charge on any atom is -0.507 e. The van der Waals surface area contributed by atoms with E-state index in [1.54, 1.807) is 0 Å². The van der Waals surface area contributed by atoms with E-state index in [9.17, 15) is 5.11 Å². The fraction of sp³-hybridized carbons (Fsp3) is 0.333. The molecule has 0 radical (unpaired) electrons. The Morgan fingerprint density at radius 1 is 1.14 bits per heavy atom. The van der Waals surface area contributed by atoms with Crippen molar-refractivity contribution in [2.75, 3.05) is 13.6 Å². The van der Waals surface area contributed by atoms with Crippen molar-refractivity contribution in [2.45, 2.75) is 25.8 Å². The molecule has 2 aromatic rings. The van der Waals surface area contributed by atoms with Gasteiger partial charge in [0, 0.05) is 18.2 Å². The summed E-state index contributed by atoms with van der Waals surface area (Å²) in [6.45, 7) is 3.09. The van der Waals surface area contributed by atoms with Gasteiger partial charge in [0.05, 0.1) is 0 Å². The third-order valence-electron chi connectivity index (χ3n) is 4.94. The summed E-state index contributed by atoms with van der Waals surface area (Å²) in [5.74, 6) is 0.461. The number of aryl methyl sites for hydroxylation is 1. The number of halogens is 1. The van der Waals surface area contributed by atoms with Gasteiger partial charge in [-0.25, -0.2) is 0 Å². The Labute approximate surface area is 131 Å². The van der Waals surface area contributed by atoms with E-state index in [2.05, 4.69) is 36.2 Å². The summed E-state index contributed by atoms with van der Waals surface area (Å²) in [6.07, 6.45) is 2.11. The minimum atomic E-state index is 0. The van der Waals surface area contributed by atoms with E-state index in [1.807, 2.05) is 13.0 Å². The number of phenols is 1. The summed E-state index contributed by atoms with van der Waals surface area (Å²) in [4.78, 5) is 2.45. The molecule has 21 heavy (non-hydrogen) atoms. The zero-order valence-electron chi connectivity index (χ0n) is 12.4. The summed E-state index contributed by atoms with van der Waals surface area (Å²) in [5.41, 5.74) is 7.43. The number of rotatable bonds is 0. The number of likely N-dealkylation sites (N-methyl/N-ethyl adjacent to an activating group) is 1. The van der Waals surface area contributed by atoms with Gasteiger partial charge >= 0.3 is 0 Å². The molecule has 0 amide bonds. The topological polar surface area (TPSA) is 23.5 Å². The fourth-order valence-corrected chi connectivity index (χ4v) is 3.79. The van der Waals surface area contributed by atoms with Gasteiger partial charge in [0.25, 0.3) is 0 Å². The lowest BCUT2D eigenvalue weighted by atomic mass is 9.76. The van der Waals surface area contributed by atoms with Gasteiger partial charge in [-0.3, -0.25) is 4.90 Å². The van der Waals surface area contributed by atoms with Crippen LogP contribution < -0.4 is 0 Å². The highest BCUT2D eigenvalue weighted by molar-refractivity contribution is 5.85. The molecular weight excluding hydrogens is 282 g/mol. The second kappa shape index (κ2) is 5.04. The molecule has 3 heteroatoms. The lowest BCUT2D eigenvalue weighted by molar-refractivity contribution is 0.228. The van der Waals surface area contributed by atoms with Gasteiger partial charge in [-0.1, -0.05) is 30.3 Å². The van der Waals surface area contributed by atoms with Crippen molar-refractivity contribution in [2.24, 2.45) is 0 Å². The molecule has 110 valence electrons. The van der Waals surface area contributed by atoms with Crippen molar-refractivity contribution in [1.29, 1.82) is 0 Å². The van der Waals surface area contributed by atoms with Crippen LogP contribution in [0.25, 0.3) is 11.1 Å². The smallest absolute Gasteiger partial charge is 0.126 e. The number of aromatic hydroxyl groups is 1. The molecule has 1 aliphatic carbocycles. The molecule has 0 spiro atoms. The van der Waals surface area contributed by atoms with E-state index < -0.39 is 0 Å². The average molecular weight is 302 g/mol. The molecule has 4 rings (SSSR count). The Kier molecular flexibility index (Phi) is 3.46. The maximum absolute atomic E-state index is 10.5. The van der Waals surface area contributed by atoms with Crippen molar-refractivity contribution in [1.82, 2.24) is 4.90 Å². The first-order chi connectivity index (χ1) is 9.66. The Morgan fingerprint density at radius 3 is 2.76 bits per heavy atom. The first-order valence-corrected chi connectivity index (χ1v) is 7.30. The highest BCUT2D eigenvalue weighted by Gasteiger charge is 2.33. The number of benzene rings is 2. The first kappa shape index (κ1) is 14.4. The molecule has 0 fully saturated rings. The number of phenolic OH excluding ortho intramolecular Hbond substituents is 1. The summed E-state index contributed by atoms with van der Waals surface area (Å²) < 4.78 is 0. The van der Waals surface area contributed by atoms with Gasteiger partial charge in [-0.15, -0.1) is 12.4 Å². The lowest BCUT2D eigenvalue weighted by Crippen LogP contribution is -2.35. The average Bonchev–Trinajstić information content (AvgIpc) is 2.46. The van der Waals surface area contributed by atoms with Crippen LogP contribution in [0.2, 0.25) is 0 Å². The third kappa shape index (κ3) is 1.97. The van der Waals surface area contributed by atoms with Crippen molar-refractivity contribution < 1.29 is 5.11 Å². The van der Waals surface area contributed by atoms with Gasteiger partial charge in [0.2, 0.25) is 0 Å². The molecule has 0 unspecified atom stereocenters. The maximum Gasteiger partial charge on any atom is 0.126 e. The Hall–Kier alpha value is -1.51. The zero-order valence-corrected chi connectivity index (χ0v) is 13.2. The fourth-order valence-electron chi connectivity index (χ4n) is 3.79. The SMILES string of the molecule is Cc1ccc2c(c1O)-c1cccc3c1[C@H](C2)N(C)CC3.Cl. The number of hydrogen-bond donors (Lipinski definition) is 1. The molecule has 1 N–H and O–H groups in total. The van der Waals surface area contributed by atoms with Crippen molar-refractivity contribution in [3.8, 4) is 16.9 Å². The van der Waals surface area contributed by atoms with Gasteiger partial charge in [0.15, 0.2) is 0 Å². The van der Waals surface area contributed by atoms with Crippen molar-refractivity contribution in [3.05, 3.63) is 52.6 Å². The van der Waals surface area contributed by atoms with E-state index in [0.29, 0.717) is 11.8 Å². The highest BCUT2D eigenvalue weighted by atomic mass is 35.5. The summed E-state index contributed by atoms with van der Waals surface area (Å²) in [5, 5.41) is 10.5. The Bertz CT molecular complexity index is 711. The van der Waals surface area contributed by atoms with E-state index >= 15 is 0 Å². The number of fused-ring (bicyclic) bond motifs is 2. The van der Waals surface area contributed by atoms with Gasteiger partial charge < -0.3 is 5.11 Å². The zero-order chi connectivity index (χ0) is 13.9. The predicted molar refractivity (Wildman–Crippen MR) is 88.3 cm³/mol. The maximum atomic E-state index is 10.5. The molecule has 2 aromatic carbocycles. The molecule has 0 bridgehead atoms. The van der Waals surface area contributed by atoms with Gasteiger partial charge in [-0.2, -0.15) is 0 Å². The van der Waals surface area contributed by atoms with Crippen LogP contribution in [0.5, 0.6) is 5.75 Å². The molecule has 2 aliphatic rings. The van der Waals surface area contributed by atoms with E-state index in [1.165, 1.54) is 22.3 Å². The van der Waals surface area contributed by atoms with Crippen LogP contribution in [0.3, 0.4) is 0 Å². The Morgan fingerprint density at radius 2 is 1.95 bits per heavy atom. The van der Waals surface area contributed by atoms with Crippen LogP contribution in [0.4, 0.5) is 0 Å². The Balaban J connectivity index is 0.00000132. The molecule has 0 saturated carbocycles. The minimum absolute atomic E-state index is 0. The van der Waals surface area contributed by atoms with Crippen LogP contribution >= 0.6 is 12.4 Å². The summed E-state index contributed by atoms with van der Waals surface area (Å²) >= 11 is 0. The molecule has 0 saturated heterocycles. The quantitative estimate of drug-likeness (QED) is 0.798. The van der Waals surface area contributed by atoms with Crippen LogP contribution in [0, 0.1) is 6.92 Å². The second-order valence-corrected chi connectivity index (χ2v) is 6.09. The molecular formula is C18H20ClNO. The first-order valence-electron chi connectivity index (χ1n) is 7.30. The summed E-state index contributed by atoms with van der Waals surface area (Å²) in [6, 6.07) is 11.2. The van der Waals surface area contributed by atoms with Gasteiger partial charge in [0.1, 0.15) is 5.75 Å². The van der Waals surface area contributed by atoms with E-state index in [-0.39, 0.29) is 12.4 Å². The number of nitrogens with zero attached hydrogens (tertiary/aromatic N) is 1. The predicted octanol–water partition coefficient (Wildman–Crippen LogP) is 3.87. The van der Waals surface area contributed by atoms with Crippen molar-refractivity contribution in [3.63, 3.8) is 0 Å². The molecule has 1 aliphatic heterocycles. The summed E-state index contributed by atoms with van der Waals surface area (Å²) in [7, 11) is 2.21. The van der Waals surface area contributed by atoms with Crippen LogP contribution in [0.15, 0.2) is 30.3 Å². The normalized spacial score (nSPS) is 19.4. The highest BCUT2D eigenvalue weighted by Crippen LogP contribution is 2.48. The van der Waals surface area contributed by atoms with Crippen molar-refractivity contribution >= 4 is 12.4 Å². The molecule has 1 atom stereocenters. The van der Waals surface area contributed by atoms with Crippen LogP contribution in [0.1, 0.15) is 28.3 Å². The number of hydrogen-bond acceptors (Lipinski definition) is 2. The van der Waals surface area contributed by atoms with E-state index in [0.717, 1.165) is 30.5 Å². The molecule has 0 aromatic heterocycles. The van der Waals surface area contributed by atoms with Crippen LogP contribution in [-0.4, -0.2) is 23.6 Å². The standard InChI is InChI=1S/C18H19NO.ClH/c1-11-6-7-13-10-15-16-12(8-9-19(15)2)4-3-5-14(16)17(13)18(11)20;/h3-7,15,20H,8-10H2,1-2H3;1H/t15-;/m0./s1.